The van der Waals surface area contributed by atoms with Gasteiger partial charge in [0.05, 0.1) is 6.61 Å². The van der Waals surface area contributed by atoms with E-state index in [1.54, 1.807) is 0 Å². The van der Waals surface area contributed by atoms with Crippen molar-refractivity contribution in [3.8, 4) is 0 Å². The number of rotatable bonds is 4. The summed E-state index contributed by atoms with van der Waals surface area (Å²) >= 11 is 0. The molecule has 0 aromatic rings. The van der Waals surface area contributed by atoms with Crippen molar-refractivity contribution in [1.29, 1.82) is 5.41 Å². The number of allylic oxidation sites excluding steroid dienone is 1. The number of ether oxygens (including phenoxy) is 1. The number of hydrogen-bond acceptors (Lipinski definition) is 3. The van der Waals surface area contributed by atoms with Gasteiger partial charge >= 0.3 is 0 Å². The lowest BCUT2D eigenvalue weighted by molar-refractivity contribution is 0.180. The van der Waals surface area contributed by atoms with E-state index in [1.807, 2.05) is 0 Å². The predicted molar refractivity (Wildman–Crippen MR) is 58.1 cm³/mol. The Morgan fingerprint density at radius 2 is 1.86 bits per heavy atom. The van der Waals surface area contributed by atoms with Crippen molar-refractivity contribution in [3.63, 3.8) is 0 Å². The van der Waals surface area contributed by atoms with E-state index in [0.717, 1.165) is 6.21 Å². The highest BCUT2D eigenvalue weighted by molar-refractivity contribution is 5.68. The molecule has 3 N–H and O–H groups in total. The summed E-state index contributed by atoms with van der Waals surface area (Å²) in [6, 6.07) is 0. The third kappa shape index (κ3) is 1.63. The van der Waals surface area contributed by atoms with Crippen LogP contribution in [0.25, 0.3) is 0 Å². The zero-order valence-corrected chi connectivity index (χ0v) is 9.42. The van der Waals surface area contributed by atoms with Gasteiger partial charge in [0.25, 0.3) is 0 Å². The van der Waals surface area contributed by atoms with Crippen LogP contribution in [-0.2, 0) is 4.74 Å². The Labute approximate surface area is 85.8 Å². The van der Waals surface area contributed by atoms with E-state index in [4.69, 9.17) is 15.9 Å². The van der Waals surface area contributed by atoms with Crippen LogP contribution in [0.2, 0.25) is 0 Å². The lowest BCUT2D eigenvalue weighted by Crippen LogP contribution is -2.08. The fourth-order valence-electron chi connectivity index (χ4n) is 2.06. The second kappa shape index (κ2) is 3.30. The summed E-state index contributed by atoms with van der Waals surface area (Å²) in [5, 5.41) is 6.83. The van der Waals surface area contributed by atoms with Gasteiger partial charge in [-0.15, -0.1) is 0 Å². The van der Waals surface area contributed by atoms with Crippen LogP contribution < -0.4 is 5.73 Å². The Morgan fingerprint density at radius 3 is 2.21 bits per heavy atom. The molecule has 1 saturated carbocycles. The SMILES string of the molecule is CC1(C)C(COC(N)=CC=N)C1(C)C. The summed E-state index contributed by atoms with van der Waals surface area (Å²) in [6.45, 7) is 9.64. The van der Waals surface area contributed by atoms with E-state index in [-0.39, 0.29) is 0 Å². The van der Waals surface area contributed by atoms with Crippen molar-refractivity contribution in [3.05, 3.63) is 12.0 Å². The highest BCUT2D eigenvalue weighted by atomic mass is 16.5. The number of hydrogen-bond donors (Lipinski definition) is 2. The van der Waals surface area contributed by atoms with Crippen LogP contribution in [0.15, 0.2) is 12.0 Å². The Bertz CT molecular complexity index is 252. The standard InChI is InChI=1S/C11H20N2O/c1-10(2)8(11(10,3)4)7-14-9(13)5-6-12/h5-6,8,12H,7,13H2,1-4H3. The van der Waals surface area contributed by atoms with E-state index in [1.165, 1.54) is 6.08 Å². The van der Waals surface area contributed by atoms with Crippen LogP contribution in [0.5, 0.6) is 0 Å². The fraction of sp³-hybridized carbons (Fsp3) is 0.727. The lowest BCUT2D eigenvalue weighted by atomic mass is 10.0. The summed E-state index contributed by atoms with van der Waals surface area (Å²) in [6.07, 6.45) is 2.60. The maximum atomic E-state index is 6.83. The predicted octanol–water partition coefficient (Wildman–Crippen LogP) is 2.13. The quantitative estimate of drug-likeness (QED) is 0.534. The summed E-state index contributed by atoms with van der Waals surface area (Å²) in [7, 11) is 0. The second-order valence-electron chi connectivity index (χ2n) is 5.04. The maximum Gasteiger partial charge on any atom is 0.185 e. The molecule has 0 saturated heterocycles. The molecule has 14 heavy (non-hydrogen) atoms. The maximum absolute atomic E-state index is 6.83. The molecule has 0 atom stereocenters. The minimum absolute atomic E-state index is 0.331. The molecule has 0 aromatic heterocycles. The molecule has 0 heterocycles. The van der Waals surface area contributed by atoms with Crippen LogP contribution >= 0.6 is 0 Å². The van der Waals surface area contributed by atoms with Gasteiger partial charge in [0, 0.05) is 18.2 Å². The first-order chi connectivity index (χ1) is 6.34. The Kier molecular flexibility index (Phi) is 2.61. The summed E-state index contributed by atoms with van der Waals surface area (Å²) in [5.74, 6) is 0.881. The molecule has 1 aliphatic carbocycles. The van der Waals surface area contributed by atoms with Gasteiger partial charge in [0.2, 0.25) is 0 Å². The molecule has 0 aliphatic heterocycles. The van der Waals surface area contributed by atoms with Gasteiger partial charge in [-0.3, -0.25) is 0 Å². The second-order valence-corrected chi connectivity index (χ2v) is 5.04. The van der Waals surface area contributed by atoms with Crippen LogP contribution in [-0.4, -0.2) is 12.8 Å². The van der Waals surface area contributed by atoms with Crippen molar-refractivity contribution >= 4 is 6.21 Å². The monoisotopic (exact) mass is 196 g/mol. The highest BCUT2D eigenvalue weighted by Crippen LogP contribution is 2.68. The summed E-state index contributed by atoms with van der Waals surface area (Å²) in [4.78, 5) is 0. The van der Waals surface area contributed by atoms with Crippen LogP contribution in [0.3, 0.4) is 0 Å². The smallest absolute Gasteiger partial charge is 0.185 e. The van der Waals surface area contributed by atoms with E-state index >= 15 is 0 Å². The molecule has 1 rings (SSSR count). The normalized spacial score (nSPS) is 24.4. The molecule has 3 heteroatoms. The summed E-state index contributed by atoms with van der Waals surface area (Å²) in [5.41, 5.74) is 6.19. The van der Waals surface area contributed by atoms with Gasteiger partial charge in [-0.05, 0) is 10.8 Å². The van der Waals surface area contributed by atoms with E-state index in [2.05, 4.69) is 27.7 Å². The molecule has 0 aromatic carbocycles. The van der Waals surface area contributed by atoms with Gasteiger partial charge in [-0.25, -0.2) is 0 Å². The van der Waals surface area contributed by atoms with Gasteiger partial charge in [-0.2, -0.15) is 0 Å². The van der Waals surface area contributed by atoms with Crippen LogP contribution in [0.4, 0.5) is 0 Å². The van der Waals surface area contributed by atoms with Crippen LogP contribution in [0, 0.1) is 22.2 Å². The number of nitrogens with one attached hydrogen (secondary N) is 1. The average Bonchev–Trinajstić information content (AvgIpc) is 2.41. The molecule has 0 bridgehead atoms. The van der Waals surface area contributed by atoms with Crippen molar-refractivity contribution < 1.29 is 4.74 Å². The third-order valence-corrected chi connectivity index (χ3v) is 3.98. The van der Waals surface area contributed by atoms with Crippen molar-refractivity contribution in [2.45, 2.75) is 27.7 Å². The molecule has 0 unspecified atom stereocenters. The molecular formula is C11H20N2O. The first-order valence-corrected chi connectivity index (χ1v) is 4.93. The molecule has 1 aliphatic rings. The fourth-order valence-corrected chi connectivity index (χ4v) is 2.06. The van der Waals surface area contributed by atoms with Crippen molar-refractivity contribution in [1.82, 2.24) is 0 Å². The minimum atomic E-state index is 0.331. The molecule has 3 nitrogen and oxygen atoms in total. The van der Waals surface area contributed by atoms with E-state index in [0.29, 0.717) is 29.2 Å². The molecular weight excluding hydrogens is 176 g/mol. The molecule has 1 fully saturated rings. The lowest BCUT2D eigenvalue weighted by Gasteiger charge is -2.06. The molecule has 0 spiro atoms. The first kappa shape index (κ1) is 11.1. The molecule has 0 amide bonds. The Balaban J connectivity index is 2.43. The van der Waals surface area contributed by atoms with Gasteiger partial charge < -0.3 is 15.9 Å². The average molecular weight is 196 g/mol. The topological polar surface area (TPSA) is 59.1 Å². The van der Waals surface area contributed by atoms with Gasteiger partial charge in [0.15, 0.2) is 5.88 Å². The van der Waals surface area contributed by atoms with Crippen LogP contribution in [0.1, 0.15) is 27.7 Å². The van der Waals surface area contributed by atoms with Crippen molar-refractivity contribution in [2.75, 3.05) is 6.61 Å². The van der Waals surface area contributed by atoms with E-state index in [9.17, 15) is 0 Å². The molecule has 80 valence electrons. The Hall–Kier alpha value is -0.990. The third-order valence-electron chi connectivity index (χ3n) is 3.98. The van der Waals surface area contributed by atoms with Gasteiger partial charge in [-0.1, -0.05) is 27.7 Å². The van der Waals surface area contributed by atoms with Gasteiger partial charge in [0.1, 0.15) is 0 Å². The highest BCUT2D eigenvalue weighted by Gasteiger charge is 2.64. The zero-order chi connectivity index (χ0) is 11.0. The largest absolute Gasteiger partial charge is 0.479 e. The van der Waals surface area contributed by atoms with Crippen molar-refractivity contribution in [2.24, 2.45) is 22.5 Å². The minimum Gasteiger partial charge on any atom is -0.479 e. The first-order valence-electron chi connectivity index (χ1n) is 4.93. The number of nitrogens with two attached hydrogens (primary N) is 1. The summed E-state index contributed by atoms with van der Waals surface area (Å²) < 4.78 is 5.37. The molecule has 0 radical (unpaired) electrons. The zero-order valence-electron chi connectivity index (χ0n) is 9.42. The van der Waals surface area contributed by atoms with E-state index < -0.39 is 0 Å². The Morgan fingerprint density at radius 1 is 1.36 bits per heavy atom.